The number of carbonyl (C=O) groups excluding carboxylic acids is 1. The number of aliphatic imine (C=N–C) groups is 1. The fraction of sp³-hybridized carbons (Fsp3) is 0.158. The van der Waals surface area contributed by atoms with Gasteiger partial charge in [0.1, 0.15) is 5.75 Å². The predicted molar refractivity (Wildman–Crippen MR) is 99.4 cm³/mol. The van der Waals surface area contributed by atoms with Crippen LogP contribution in [-0.2, 0) is 9.53 Å². The standard InChI is InChI=1S/C19H17ClN2O3/c1-22(2)13-6-4-12(5-7-13)10-17-19(23)25-18(21-17)15-9-8-14(24-3)11-16(15)20/h4-11H,1-3H3/b17-10-. The maximum Gasteiger partial charge on any atom is 0.363 e. The highest BCUT2D eigenvalue weighted by molar-refractivity contribution is 6.34. The molecule has 0 atom stereocenters. The maximum atomic E-state index is 12.1. The molecule has 3 rings (SSSR count). The minimum Gasteiger partial charge on any atom is -0.497 e. The van der Waals surface area contributed by atoms with Crippen LogP contribution in [0.2, 0.25) is 5.02 Å². The maximum absolute atomic E-state index is 12.1. The molecule has 2 aromatic carbocycles. The molecule has 0 aliphatic carbocycles. The molecule has 6 heteroatoms. The SMILES string of the molecule is COc1ccc(C2=N/C(=C\c3ccc(N(C)C)cc3)C(=O)O2)c(Cl)c1. The van der Waals surface area contributed by atoms with Gasteiger partial charge in [-0.2, -0.15) is 0 Å². The summed E-state index contributed by atoms with van der Waals surface area (Å²) in [5.74, 6) is 0.308. The molecule has 0 N–H and O–H groups in total. The number of hydrogen-bond donors (Lipinski definition) is 0. The second-order valence-electron chi connectivity index (χ2n) is 5.67. The van der Waals surface area contributed by atoms with E-state index in [4.69, 9.17) is 21.1 Å². The van der Waals surface area contributed by atoms with Gasteiger partial charge in [0.05, 0.1) is 17.7 Å². The molecule has 1 heterocycles. The van der Waals surface area contributed by atoms with Gasteiger partial charge in [0.25, 0.3) is 0 Å². The van der Waals surface area contributed by atoms with Crippen LogP contribution in [-0.4, -0.2) is 33.1 Å². The van der Waals surface area contributed by atoms with Crippen molar-refractivity contribution < 1.29 is 14.3 Å². The summed E-state index contributed by atoms with van der Waals surface area (Å²) in [5.41, 5.74) is 2.72. The van der Waals surface area contributed by atoms with Crippen molar-refractivity contribution in [2.45, 2.75) is 0 Å². The molecule has 0 radical (unpaired) electrons. The summed E-state index contributed by atoms with van der Waals surface area (Å²) < 4.78 is 10.4. The number of halogens is 1. The van der Waals surface area contributed by atoms with Crippen molar-refractivity contribution in [3.63, 3.8) is 0 Å². The number of carbonyl (C=O) groups is 1. The van der Waals surface area contributed by atoms with Crippen LogP contribution >= 0.6 is 11.6 Å². The summed E-state index contributed by atoms with van der Waals surface area (Å²) in [5, 5.41) is 0.405. The second-order valence-corrected chi connectivity index (χ2v) is 6.07. The number of hydrogen-bond acceptors (Lipinski definition) is 5. The number of anilines is 1. The molecule has 1 aliphatic rings. The molecule has 0 unspecified atom stereocenters. The summed E-state index contributed by atoms with van der Waals surface area (Å²) in [4.78, 5) is 18.4. The van der Waals surface area contributed by atoms with E-state index in [0.29, 0.717) is 16.3 Å². The van der Waals surface area contributed by atoms with Gasteiger partial charge in [-0.15, -0.1) is 0 Å². The summed E-state index contributed by atoms with van der Waals surface area (Å²) in [6, 6.07) is 12.9. The third-order valence-electron chi connectivity index (χ3n) is 3.74. The van der Waals surface area contributed by atoms with Gasteiger partial charge in [-0.05, 0) is 42.0 Å². The van der Waals surface area contributed by atoms with Crippen molar-refractivity contribution in [1.82, 2.24) is 0 Å². The third-order valence-corrected chi connectivity index (χ3v) is 4.05. The fourth-order valence-electron chi connectivity index (χ4n) is 2.35. The Morgan fingerprint density at radius 1 is 1.16 bits per heavy atom. The molecule has 0 fully saturated rings. The topological polar surface area (TPSA) is 51.1 Å². The van der Waals surface area contributed by atoms with Crippen LogP contribution < -0.4 is 9.64 Å². The van der Waals surface area contributed by atoms with Crippen molar-refractivity contribution in [2.24, 2.45) is 4.99 Å². The van der Waals surface area contributed by atoms with Gasteiger partial charge in [-0.1, -0.05) is 23.7 Å². The molecule has 25 heavy (non-hydrogen) atoms. The monoisotopic (exact) mass is 356 g/mol. The fourth-order valence-corrected chi connectivity index (χ4v) is 2.60. The number of methoxy groups -OCH3 is 1. The molecule has 1 aliphatic heterocycles. The Balaban J connectivity index is 1.89. The molecule has 0 spiro atoms. The summed E-state index contributed by atoms with van der Waals surface area (Å²) in [6.45, 7) is 0. The minimum absolute atomic E-state index is 0.189. The first kappa shape index (κ1) is 17.0. The Morgan fingerprint density at radius 2 is 1.88 bits per heavy atom. The number of ether oxygens (including phenoxy) is 2. The van der Waals surface area contributed by atoms with E-state index in [1.165, 1.54) is 0 Å². The lowest BCUT2D eigenvalue weighted by atomic mass is 10.1. The van der Waals surface area contributed by atoms with Gasteiger partial charge >= 0.3 is 5.97 Å². The van der Waals surface area contributed by atoms with E-state index in [1.54, 1.807) is 31.4 Å². The number of nitrogens with zero attached hydrogens (tertiary/aromatic N) is 2. The Hall–Kier alpha value is -2.79. The zero-order valence-corrected chi connectivity index (χ0v) is 14.9. The highest BCUT2D eigenvalue weighted by atomic mass is 35.5. The van der Waals surface area contributed by atoms with Gasteiger partial charge < -0.3 is 14.4 Å². The lowest BCUT2D eigenvalue weighted by molar-refractivity contribution is -0.129. The molecule has 0 bridgehead atoms. The lowest BCUT2D eigenvalue weighted by Crippen LogP contribution is -2.08. The summed E-state index contributed by atoms with van der Waals surface area (Å²) >= 11 is 6.21. The quantitative estimate of drug-likeness (QED) is 0.618. The molecule has 0 saturated heterocycles. The lowest BCUT2D eigenvalue weighted by Gasteiger charge is -2.11. The summed E-state index contributed by atoms with van der Waals surface area (Å²) in [7, 11) is 5.49. The Kier molecular flexibility index (Phi) is 4.76. The van der Waals surface area contributed by atoms with Crippen molar-refractivity contribution in [3.05, 3.63) is 64.3 Å². The average molecular weight is 357 g/mol. The van der Waals surface area contributed by atoms with Crippen molar-refractivity contribution in [2.75, 3.05) is 26.1 Å². The molecular weight excluding hydrogens is 340 g/mol. The van der Waals surface area contributed by atoms with E-state index in [0.717, 1.165) is 11.3 Å². The van der Waals surface area contributed by atoms with E-state index in [2.05, 4.69) is 4.99 Å². The van der Waals surface area contributed by atoms with Crippen LogP contribution in [0, 0.1) is 0 Å². The van der Waals surface area contributed by atoms with Crippen molar-refractivity contribution in [1.29, 1.82) is 0 Å². The number of benzene rings is 2. The largest absolute Gasteiger partial charge is 0.497 e. The highest BCUT2D eigenvalue weighted by Gasteiger charge is 2.25. The zero-order chi connectivity index (χ0) is 18.0. The predicted octanol–water partition coefficient (Wildman–Crippen LogP) is 3.76. The average Bonchev–Trinajstić information content (AvgIpc) is 2.95. The van der Waals surface area contributed by atoms with E-state index < -0.39 is 5.97 Å². The van der Waals surface area contributed by atoms with Crippen LogP contribution in [0.5, 0.6) is 5.75 Å². The van der Waals surface area contributed by atoms with E-state index in [9.17, 15) is 4.79 Å². The molecular formula is C19H17ClN2O3. The van der Waals surface area contributed by atoms with Crippen LogP contribution in [0.3, 0.4) is 0 Å². The zero-order valence-electron chi connectivity index (χ0n) is 14.1. The highest BCUT2D eigenvalue weighted by Crippen LogP contribution is 2.27. The molecule has 0 saturated carbocycles. The van der Waals surface area contributed by atoms with Gasteiger partial charge in [0.15, 0.2) is 5.70 Å². The molecule has 0 amide bonds. The first-order chi connectivity index (χ1) is 12.0. The van der Waals surface area contributed by atoms with Crippen LogP contribution in [0.25, 0.3) is 6.08 Å². The van der Waals surface area contributed by atoms with Crippen molar-refractivity contribution in [3.8, 4) is 5.75 Å². The Morgan fingerprint density at radius 3 is 2.48 bits per heavy atom. The van der Waals surface area contributed by atoms with E-state index in [-0.39, 0.29) is 11.6 Å². The molecule has 5 nitrogen and oxygen atoms in total. The van der Waals surface area contributed by atoms with Gasteiger partial charge in [-0.3, -0.25) is 0 Å². The van der Waals surface area contributed by atoms with Gasteiger partial charge in [0, 0.05) is 19.8 Å². The molecule has 2 aromatic rings. The minimum atomic E-state index is -0.501. The number of cyclic esters (lactones) is 1. The second kappa shape index (κ2) is 6.99. The van der Waals surface area contributed by atoms with Gasteiger partial charge in [0.2, 0.25) is 5.90 Å². The van der Waals surface area contributed by atoms with Crippen LogP contribution in [0.4, 0.5) is 5.69 Å². The van der Waals surface area contributed by atoms with Crippen LogP contribution in [0.1, 0.15) is 11.1 Å². The number of rotatable bonds is 4. The smallest absolute Gasteiger partial charge is 0.363 e. The molecule has 0 aromatic heterocycles. The summed E-state index contributed by atoms with van der Waals surface area (Å²) in [6.07, 6.45) is 1.69. The normalized spacial score (nSPS) is 15.1. The number of esters is 1. The van der Waals surface area contributed by atoms with Crippen molar-refractivity contribution >= 4 is 35.2 Å². The Labute approximate surface area is 151 Å². The molecule has 128 valence electrons. The van der Waals surface area contributed by atoms with Crippen LogP contribution in [0.15, 0.2) is 53.2 Å². The van der Waals surface area contributed by atoms with E-state index >= 15 is 0 Å². The van der Waals surface area contributed by atoms with Gasteiger partial charge in [-0.25, -0.2) is 9.79 Å². The van der Waals surface area contributed by atoms with E-state index in [1.807, 2.05) is 43.3 Å². The first-order valence-corrected chi connectivity index (χ1v) is 7.99. The first-order valence-electron chi connectivity index (χ1n) is 7.62. The third kappa shape index (κ3) is 3.67. The Bertz CT molecular complexity index is 871.